The summed E-state index contributed by atoms with van der Waals surface area (Å²) in [7, 11) is 0. The van der Waals surface area contributed by atoms with Gasteiger partial charge >= 0.3 is 0 Å². The lowest BCUT2D eigenvalue weighted by molar-refractivity contribution is -0.109. The maximum atomic E-state index is 10.9. The SMILES string of the molecule is CC(=O)SCC(O)C(O)c1ccc(Oc2ccc(N)cc2)cc1. The fraction of sp³-hybridized carbons (Fsp3) is 0.235. The van der Waals surface area contributed by atoms with Crippen LogP contribution in [0.15, 0.2) is 48.5 Å². The minimum Gasteiger partial charge on any atom is -0.457 e. The molecule has 0 aromatic heterocycles. The average molecular weight is 333 g/mol. The normalized spacial score (nSPS) is 13.3. The number of hydrogen-bond donors (Lipinski definition) is 3. The van der Waals surface area contributed by atoms with Gasteiger partial charge in [-0.3, -0.25) is 4.79 Å². The Balaban J connectivity index is 1.98. The molecule has 6 heteroatoms. The van der Waals surface area contributed by atoms with Crippen LogP contribution in [0, 0.1) is 0 Å². The summed E-state index contributed by atoms with van der Waals surface area (Å²) in [5.41, 5.74) is 6.84. The molecular weight excluding hydrogens is 314 g/mol. The molecule has 0 aliphatic carbocycles. The number of carbonyl (C=O) groups is 1. The maximum Gasteiger partial charge on any atom is 0.185 e. The topological polar surface area (TPSA) is 92.8 Å². The van der Waals surface area contributed by atoms with E-state index in [-0.39, 0.29) is 10.9 Å². The molecule has 2 unspecified atom stereocenters. The van der Waals surface area contributed by atoms with Crippen molar-refractivity contribution in [1.29, 1.82) is 0 Å². The molecular formula is C17H19NO4S. The summed E-state index contributed by atoms with van der Waals surface area (Å²) < 4.78 is 5.66. The molecule has 0 aliphatic rings. The number of rotatable bonds is 6. The first kappa shape index (κ1) is 17.3. The van der Waals surface area contributed by atoms with Gasteiger partial charge in [0.25, 0.3) is 0 Å². The lowest BCUT2D eigenvalue weighted by Gasteiger charge is -2.17. The Kier molecular flexibility index (Phi) is 6.04. The molecule has 5 nitrogen and oxygen atoms in total. The summed E-state index contributed by atoms with van der Waals surface area (Å²) in [6.07, 6.45) is -2.06. The third-order valence-corrected chi connectivity index (χ3v) is 4.07. The fourth-order valence-electron chi connectivity index (χ4n) is 1.92. The molecule has 122 valence electrons. The van der Waals surface area contributed by atoms with Crippen molar-refractivity contribution < 1.29 is 19.7 Å². The quantitative estimate of drug-likeness (QED) is 0.704. The van der Waals surface area contributed by atoms with Gasteiger partial charge in [-0.2, -0.15) is 0 Å². The second-order valence-electron chi connectivity index (χ2n) is 5.05. The number of hydrogen-bond acceptors (Lipinski definition) is 6. The molecule has 2 atom stereocenters. The van der Waals surface area contributed by atoms with Crippen LogP contribution in [-0.2, 0) is 4.79 Å². The van der Waals surface area contributed by atoms with Gasteiger partial charge in [0, 0.05) is 18.4 Å². The Labute approximate surface area is 139 Å². The number of aliphatic hydroxyl groups excluding tert-OH is 2. The Morgan fingerprint density at radius 1 is 1.09 bits per heavy atom. The molecule has 0 spiro atoms. The molecule has 0 heterocycles. The molecule has 2 aromatic rings. The predicted molar refractivity (Wildman–Crippen MR) is 91.5 cm³/mol. The number of carbonyl (C=O) groups excluding carboxylic acids is 1. The number of aliphatic hydroxyl groups is 2. The van der Waals surface area contributed by atoms with E-state index >= 15 is 0 Å². The van der Waals surface area contributed by atoms with Gasteiger partial charge in [0.2, 0.25) is 0 Å². The molecule has 23 heavy (non-hydrogen) atoms. The number of nitrogen functional groups attached to an aromatic ring is 1. The van der Waals surface area contributed by atoms with Crippen molar-refractivity contribution in [3.63, 3.8) is 0 Å². The van der Waals surface area contributed by atoms with Crippen LogP contribution >= 0.6 is 11.8 Å². The Hall–Kier alpha value is -2.02. The zero-order valence-electron chi connectivity index (χ0n) is 12.7. The van der Waals surface area contributed by atoms with E-state index in [0.717, 1.165) is 11.8 Å². The monoisotopic (exact) mass is 333 g/mol. The van der Waals surface area contributed by atoms with E-state index in [1.54, 1.807) is 48.5 Å². The minimum atomic E-state index is -1.05. The van der Waals surface area contributed by atoms with Gasteiger partial charge in [0.1, 0.15) is 17.6 Å². The summed E-state index contributed by atoms with van der Waals surface area (Å²) in [6, 6.07) is 13.8. The van der Waals surface area contributed by atoms with E-state index in [2.05, 4.69) is 0 Å². The smallest absolute Gasteiger partial charge is 0.185 e. The van der Waals surface area contributed by atoms with Crippen LogP contribution in [0.25, 0.3) is 0 Å². The zero-order valence-corrected chi connectivity index (χ0v) is 13.5. The molecule has 0 saturated heterocycles. The van der Waals surface area contributed by atoms with Crippen LogP contribution in [-0.4, -0.2) is 27.2 Å². The highest BCUT2D eigenvalue weighted by molar-refractivity contribution is 8.13. The largest absolute Gasteiger partial charge is 0.457 e. The Morgan fingerprint density at radius 2 is 1.61 bits per heavy atom. The molecule has 4 N–H and O–H groups in total. The van der Waals surface area contributed by atoms with E-state index in [0.29, 0.717) is 22.7 Å². The highest BCUT2D eigenvalue weighted by Crippen LogP contribution is 2.26. The van der Waals surface area contributed by atoms with Crippen LogP contribution < -0.4 is 10.5 Å². The molecule has 0 radical (unpaired) electrons. The van der Waals surface area contributed by atoms with Crippen molar-refractivity contribution >= 4 is 22.6 Å². The first-order valence-electron chi connectivity index (χ1n) is 7.08. The van der Waals surface area contributed by atoms with Gasteiger partial charge in [-0.05, 0) is 42.0 Å². The summed E-state index contributed by atoms with van der Waals surface area (Å²) >= 11 is 0.985. The molecule has 2 aromatic carbocycles. The lowest BCUT2D eigenvalue weighted by Crippen LogP contribution is -2.21. The van der Waals surface area contributed by atoms with Gasteiger partial charge < -0.3 is 20.7 Å². The van der Waals surface area contributed by atoms with Crippen molar-refractivity contribution in [2.45, 2.75) is 19.1 Å². The van der Waals surface area contributed by atoms with E-state index in [1.807, 2.05) is 0 Å². The van der Waals surface area contributed by atoms with Crippen LogP contribution in [0.3, 0.4) is 0 Å². The first-order valence-corrected chi connectivity index (χ1v) is 8.07. The van der Waals surface area contributed by atoms with Crippen LogP contribution in [0.1, 0.15) is 18.6 Å². The number of nitrogens with two attached hydrogens (primary N) is 1. The van der Waals surface area contributed by atoms with Crippen molar-refractivity contribution in [3.05, 3.63) is 54.1 Å². The Bertz CT molecular complexity index is 643. The summed E-state index contributed by atoms with van der Waals surface area (Å²) in [6.45, 7) is 1.42. The van der Waals surface area contributed by atoms with Gasteiger partial charge in [0.05, 0.1) is 6.10 Å². The third kappa shape index (κ3) is 5.28. The highest BCUT2D eigenvalue weighted by Gasteiger charge is 2.19. The third-order valence-electron chi connectivity index (χ3n) is 3.16. The second kappa shape index (κ2) is 8.01. The van der Waals surface area contributed by atoms with E-state index in [4.69, 9.17) is 10.5 Å². The van der Waals surface area contributed by atoms with Crippen LogP contribution in [0.2, 0.25) is 0 Å². The van der Waals surface area contributed by atoms with Crippen molar-refractivity contribution in [1.82, 2.24) is 0 Å². The summed E-state index contributed by atoms with van der Waals surface area (Å²) in [5, 5.41) is 19.9. The first-order chi connectivity index (χ1) is 11.0. The van der Waals surface area contributed by atoms with E-state index < -0.39 is 12.2 Å². The maximum absolute atomic E-state index is 10.9. The van der Waals surface area contributed by atoms with Crippen molar-refractivity contribution in [2.24, 2.45) is 0 Å². The number of benzene rings is 2. The van der Waals surface area contributed by atoms with Crippen molar-refractivity contribution in [2.75, 3.05) is 11.5 Å². The molecule has 0 bridgehead atoms. The predicted octanol–water partition coefficient (Wildman–Crippen LogP) is 2.74. The number of thioether (sulfide) groups is 1. The molecule has 0 aliphatic heterocycles. The fourth-order valence-corrected chi connectivity index (χ4v) is 2.51. The second-order valence-corrected chi connectivity index (χ2v) is 6.25. The Morgan fingerprint density at radius 3 is 2.13 bits per heavy atom. The van der Waals surface area contributed by atoms with Gasteiger partial charge in [-0.15, -0.1) is 0 Å². The molecule has 0 saturated carbocycles. The van der Waals surface area contributed by atoms with Gasteiger partial charge in [0.15, 0.2) is 5.12 Å². The summed E-state index contributed by atoms with van der Waals surface area (Å²) in [5.74, 6) is 1.42. The average Bonchev–Trinajstić information content (AvgIpc) is 2.55. The number of anilines is 1. The van der Waals surface area contributed by atoms with Crippen LogP contribution in [0.4, 0.5) is 5.69 Å². The zero-order chi connectivity index (χ0) is 16.8. The van der Waals surface area contributed by atoms with Crippen molar-refractivity contribution in [3.8, 4) is 11.5 Å². The lowest BCUT2D eigenvalue weighted by atomic mass is 10.1. The molecule has 2 rings (SSSR count). The van der Waals surface area contributed by atoms with Crippen LogP contribution in [0.5, 0.6) is 11.5 Å². The summed E-state index contributed by atoms with van der Waals surface area (Å²) in [4.78, 5) is 10.9. The highest BCUT2D eigenvalue weighted by atomic mass is 32.2. The standard InChI is InChI=1S/C17H19NO4S/c1-11(19)23-10-16(20)17(21)12-2-6-14(7-3-12)22-15-8-4-13(18)5-9-15/h2-9,16-17,20-21H,10,18H2,1H3. The van der Waals surface area contributed by atoms with Gasteiger partial charge in [-0.1, -0.05) is 23.9 Å². The molecule has 0 fully saturated rings. The van der Waals surface area contributed by atoms with Gasteiger partial charge in [-0.25, -0.2) is 0 Å². The van der Waals surface area contributed by atoms with E-state index in [1.165, 1.54) is 6.92 Å². The minimum absolute atomic E-state index is 0.0940. The molecule has 0 amide bonds. The number of ether oxygens (including phenoxy) is 1. The van der Waals surface area contributed by atoms with E-state index in [9.17, 15) is 15.0 Å².